The molecule has 0 bridgehead atoms. The zero-order chi connectivity index (χ0) is 21.0. The van der Waals surface area contributed by atoms with Crippen molar-refractivity contribution in [2.75, 3.05) is 0 Å². The van der Waals surface area contributed by atoms with Gasteiger partial charge in [-0.3, -0.25) is 0 Å². The van der Waals surface area contributed by atoms with Gasteiger partial charge in [-0.25, -0.2) is 0 Å². The molecule has 4 aromatic carbocycles. The Balaban J connectivity index is 0.00000272. The largest absolute Gasteiger partial charge is 1.00 e. The van der Waals surface area contributed by atoms with Crippen LogP contribution in [0.3, 0.4) is 0 Å². The fourth-order valence-electron chi connectivity index (χ4n) is 3.89. The van der Waals surface area contributed by atoms with Crippen molar-refractivity contribution in [2.24, 2.45) is 0 Å². The standard InChI is InChI=1S/C26H21F3P.ClH/c27-26(28,29)22-12-10-11-21(19-22)20-30(23-13-4-1-5-14-23,24-15-6-2-7-16-24)25-17-8-3-9-18-25;/h1-19H,20H2;1H/q+1;/p-1. The van der Waals surface area contributed by atoms with E-state index in [0.29, 0.717) is 11.7 Å². The molecule has 0 unspecified atom stereocenters. The summed E-state index contributed by atoms with van der Waals surface area (Å²) in [5.41, 5.74) is 0.0852. The topological polar surface area (TPSA) is 0 Å². The number of rotatable bonds is 5. The van der Waals surface area contributed by atoms with Crippen molar-refractivity contribution in [1.82, 2.24) is 0 Å². The van der Waals surface area contributed by atoms with Crippen molar-refractivity contribution >= 4 is 23.2 Å². The van der Waals surface area contributed by atoms with E-state index < -0.39 is 19.0 Å². The average molecular weight is 457 g/mol. The Morgan fingerprint density at radius 3 is 1.35 bits per heavy atom. The lowest BCUT2D eigenvalue weighted by Crippen LogP contribution is -3.00. The summed E-state index contributed by atoms with van der Waals surface area (Å²) in [5.74, 6) is 0. The molecule has 0 aliphatic heterocycles. The first kappa shape index (κ1) is 23.1. The predicted octanol–water partition coefficient (Wildman–Crippen LogP) is 3.20. The minimum absolute atomic E-state index is 0. The molecule has 0 spiro atoms. The third-order valence-electron chi connectivity index (χ3n) is 5.26. The first-order valence-corrected chi connectivity index (χ1v) is 11.7. The van der Waals surface area contributed by atoms with Crippen LogP contribution in [0.25, 0.3) is 0 Å². The number of hydrogen-bond acceptors (Lipinski definition) is 0. The van der Waals surface area contributed by atoms with Gasteiger partial charge in [0.2, 0.25) is 0 Å². The molecular formula is C26H21ClF3P. The Hall–Kier alpha value is -2.61. The quantitative estimate of drug-likeness (QED) is 0.405. The van der Waals surface area contributed by atoms with E-state index in [9.17, 15) is 13.2 Å². The SMILES string of the molecule is FC(F)(F)c1cccc(C[P+](c2ccccc2)(c2ccccc2)c2ccccc2)c1.[Cl-]. The number of benzene rings is 4. The minimum atomic E-state index is -4.36. The highest BCUT2D eigenvalue weighted by Crippen LogP contribution is 2.58. The summed E-state index contributed by atoms with van der Waals surface area (Å²) in [6.45, 7) is 0. The molecule has 0 radical (unpaired) electrons. The van der Waals surface area contributed by atoms with Crippen LogP contribution in [0, 0.1) is 0 Å². The van der Waals surface area contributed by atoms with Crippen LogP contribution < -0.4 is 28.3 Å². The maximum Gasteiger partial charge on any atom is 0.416 e. The molecule has 0 amide bonds. The van der Waals surface area contributed by atoms with Gasteiger partial charge in [0.1, 0.15) is 23.2 Å². The van der Waals surface area contributed by atoms with E-state index >= 15 is 0 Å². The summed E-state index contributed by atoms with van der Waals surface area (Å²) in [4.78, 5) is 0. The van der Waals surface area contributed by atoms with Crippen molar-refractivity contribution < 1.29 is 25.6 Å². The molecule has 158 valence electrons. The summed E-state index contributed by atoms with van der Waals surface area (Å²) >= 11 is 0. The molecule has 0 heterocycles. The first-order valence-electron chi connectivity index (χ1n) is 9.71. The summed E-state index contributed by atoms with van der Waals surface area (Å²) in [6, 6.07) is 36.3. The number of alkyl halides is 3. The van der Waals surface area contributed by atoms with Crippen molar-refractivity contribution in [3.63, 3.8) is 0 Å². The van der Waals surface area contributed by atoms with Gasteiger partial charge in [-0.15, -0.1) is 0 Å². The van der Waals surface area contributed by atoms with E-state index in [1.165, 1.54) is 12.1 Å². The van der Waals surface area contributed by atoms with E-state index in [0.717, 1.165) is 22.0 Å². The second kappa shape index (κ2) is 9.68. The Labute approximate surface area is 187 Å². The van der Waals surface area contributed by atoms with Crippen molar-refractivity contribution in [1.29, 1.82) is 0 Å². The molecule has 0 atom stereocenters. The number of halogens is 4. The van der Waals surface area contributed by atoms with Crippen molar-refractivity contribution in [3.05, 3.63) is 126 Å². The van der Waals surface area contributed by atoms with Gasteiger partial charge in [-0.1, -0.05) is 66.7 Å². The first-order chi connectivity index (χ1) is 14.5. The normalized spacial score (nSPS) is 11.6. The Morgan fingerprint density at radius 2 is 0.968 bits per heavy atom. The average Bonchev–Trinajstić information content (AvgIpc) is 2.79. The van der Waals surface area contributed by atoms with E-state index in [2.05, 4.69) is 36.4 Å². The lowest BCUT2D eigenvalue weighted by Gasteiger charge is -2.28. The Kier molecular flexibility index (Phi) is 7.20. The van der Waals surface area contributed by atoms with Crippen LogP contribution in [-0.2, 0) is 12.3 Å². The van der Waals surface area contributed by atoms with Gasteiger partial charge in [-0.2, -0.15) is 13.2 Å². The molecule has 0 aliphatic carbocycles. The molecule has 0 saturated carbocycles. The highest BCUT2D eigenvalue weighted by atomic mass is 35.5. The zero-order valence-corrected chi connectivity index (χ0v) is 18.3. The van der Waals surface area contributed by atoms with E-state index in [-0.39, 0.29) is 12.4 Å². The van der Waals surface area contributed by atoms with Crippen LogP contribution in [-0.4, -0.2) is 0 Å². The van der Waals surface area contributed by atoms with Gasteiger partial charge in [0.25, 0.3) is 0 Å². The molecule has 5 heteroatoms. The van der Waals surface area contributed by atoms with Crippen LogP contribution in [0.1, 0.15) is 11.1 Å². The van der Waals surface area contributed by atoms with Crippen LogP contribution in [0.2, 0.25) is 0 Å². The van der Waals surface area contributed by atoms with Gasteiger partial charge in [-0.05, 0) is 54.1 Å². The fraction of sp³-hybridized carbons (Fsp3) is 0.0769. The van der Waals surface area contributed by atoms with Gasteiger partial charge in [0.15, 0.2) is 0 Å². The predicted molar refractivity (Wildman–Crippen MR) is 120 cm³/mol. The van der Waals surface area contributed by atoms with Crippen LogP contribution in [0.5, 0.6) is 0 Å². The minimum Gasteiger partial charge on any atom is -1.00 e. The Morgan fingerprint density at radius 1 is 0.548 bits per heavy atom. The molecule has 0 aromatic heterocycles. The van der Waals surface area contributed by atoms with E-state index in [1.807, 2.05) is 54.6 Å². The van der Waals surface area contributed by atoms with Crippen molar-refractivity contribution in [3.8, 4) is 0 Å². The maximum absolute atomic E-state index is 13.4. The van der Waals surface area contributed by atoms with Gasteiger partial charge in [0.05, 0.1) is 11.7 Å². The summed E-state index contributed by atoms with van der Waals surface area (Å²) in [7, 11) is -2.21. The zero-order valence-electron chi connectivity index (χ0n) is 16.6. The van der Waals surface area contributed by atoms with Gasteiger partial charge >= 0.3 is 6.18 Å². The lowest BCUT2D eigenvalue weighted by molar-refractivity contribution is -0.137. The highest BCUT2D eigenvalue weighted by Gasteiger charge is 2.45. The lowest BCUT2D eigenvalue weighted by atomic mass is 10.1. The summed E-state index contributed by atoms with van der Waals surface area (Å²) < 4.78 is 40.1. The molecule has 4 rings (SSSR count). The molecule has 0 N–H and O–H groups in total. The molecular weight excluding hydrogens is 436 g/mol. The second-order valence-corrected chi connectivity index (χ2v) is 10.7. The van der Waals surface area contributed by atoms with Crippen LogP contribution in [0.4, 0.5) is 13.2 Å². The maximum atomic E-state index is 13.4. The van der Waals surface area contributed by atoms with Gasteiger partial charge < -0.3 is 12.4 Å². The van der Waals surface area contributed by atoms with E-state index in [4.69, 9.17) is 0 Å². The third-order valence-corrected chi connectivity index (χ3v) is 9.64. The third kappa shape index (κ3) is 4.84. The van der Waals surface area contributed by atoms with Crippen LogP contribution >= 0.6 is 7.26 Å². The fourth-order valence-corrected chi connectivity index (χ4v) is 8.12. The smallest absolute Gasteiger partial charge is 0.416 e. The highest BCUT2D eigenvalue weighted by molar-refractivity contribution is 7.95. The molecule has 0 aliphatic rings. The monoisotopic (exact) mass is 456 g/mol. The summed E-state index contributed by atoms with van der Waals surface area (Å²) in [5, 5.41) is 3.46. The van der Waals surface area contributed by atoms with Crippen molar-refractivity contribution in [2.45, 2.75) is 12.3 Å². The Bertz CT molecular complexity index is 1000. The van der Waals surface area contributed by atoms with Crippen LogP contribution in [0.15, 0.2) is 115 Å². The molecule has 0 nitrogen and oxygen atoms in total. The number of hydrogen-bond donors (Lipinski definition) is 0. The summed E-state index contributed by atoms with van der Waals surface area (Å²) in [6.07, 6.45) is -3.84. The molecule has 0 fully saturated rings. The van der Waals surface area contributed by atoms with Gasteiger partial charge in [0, 0.05) is 0 Å². The second-order valence-electron chi connectivity index (χ2n) is 7.17. The molecule has 31 heavy (non-hydrogen) atoms. The van der Waals surface area contributed by atoms with E-state index in [1.54, 1.807) is 6.07 Å². The molecule has 4 aromatic rings. The molecule has 0 saturated heterocycles.